The second-order valence-electron chi connectivity index (χ2n) is 10.9. The SMILES string of the molecule is CC[C@H](C)C1O[C@@H](OC(=Nc2ccccc2)C(F)(F)F)C(O[C@H]2O[C@H](CC)[C@@H](C)C(C)C2N=[N+]=[N-])[C@@H](C)[C@@H]1C. The molecule has 0 aliphatic carbocycles. The number of ether oxygens (including phenoxy) is 4. The lowest BCUT2D eigenvalue weighted by Gasteiger charge is -2.49. The summed E-state index contributed by atoms with van der Waals surface area (Å²) >= 11 is 0. The molecule has 11 heteroatoms. The zero-order valence-corrected chi connectivity index (χ0v) is 23.7. The molecule has 2 heterocycles. The van der Waals surface area contributed by atoms with Crippen molar-refractivity contribution in [2.45, 2.75) is 104 Å². The largest absolute Gasteiger partial charge is 0.468 e. The van der Waals surface area contributed by atoms with E-state index >= 15 is 0 Å². The number of halogens is 3. The third-order valence-electron chi connectivity index (χ3n) is 8.51. The predicted octanol–water partition coefficient (Wildman–Crippen LogP) is 7.81. The van der Waals surface area contributed by atoms with E-state index in [1.54, 1.807) is 18.2 Å². The average Bonchev–Trinajstić information content (AvgIpc) is 2.91. The van der Waals surface area contributed by atoms with Crippen molar-refractivity contribution in [2.75, 3.05) is 0 Å². The fraction of sp³-hybridized carbons (Fsp3) is 0.750. The Balaban J connectivity index is 2.00. The van der Waals surface area contributed by atoms with Crippen LogP contribution in [0.25, 0.3) is 10.4 Å². The summed E-state index contributed by atoms with van der Waals surface area (Å²) in [5.74, 6) is -1.63. The monoisotopic (exact) mass is 554 g/mol. The number of rotatable bonds is 8. The molecule has 0 radical (unpaired) electrons. The van der Waals surface area contributed by atoms with E-state index in [1.165, 1.54) is 12.1 Å². The van der Waals surface area contributed by atoms with Gasteiger partial charge in [-0.1, -0.05) is 78.2 Å². The van der Waals surface area contributed by atoms with E-state index < -0.39 is 36.8 Å². The van der Waals surface area contributed by atoms with Crippen LogP contribution in [-0.4, -0.2) is 49.0 Å². The number of nitrogens with zero attached hydrogens (tertiary/aromatic N) is 4. The minimum absolute atomic E-state index is 0.0509. The number of alkyl halides is 3. The van der Waals surface area contributed by atoms with Crippen molar-refractivity contribution in [3.8, 4) is 0 Å². The Kier molecular flexibility index (Phi) is 10.7. The molecule has 4 unspecified atom stereocenters. The molecule has 0 N–H and O–H groups in total. The summed E-state index contributed by atoms with van der Waals surface area (Å²) in [4.78, 5) is 6.77. The molecule has 218 valence electrons. The van der Waals surface area contributed by atoms with Crippen molar-refractivity contribution in [2.24, 2.45) is 39.7 Å². The Morgan fingerprint density at radius 3 is 2.23 bits per heavy atom. The first-order chi connectivity index (χ1) is 18.4. The number of para-hydroxylation sites is 1. The molecule has 0 spiro atoms. The van der Waals surface area contributed by atoms with Gasteiger partial charge in [-0.2, -0.15) is 13.2 Å². The maximum atomic E-state index is 14.2. The van der Waals surface area contributed by atoms with Crippen LogP contribution in [0.2, 0.25) is 0 Å². The van der Waals surface area contributed by atoms with Crippen LogP contribution in [0.3, 0.4) is 0 Å². The van der Waals surface area contributed by atoms with Crippen LogP contribution in [0, 0.1) is 29.6 Å². The molecule has 0 bridgehead atoms. The first kappa shape index (κ1) is 31.2. The average molecular weight is 555 g/mol. The van der Waals surface area contributed by atoms with Crippen molar-refractivity contribution >= 4 is 11.6 Å². The van der Waals surface area contributed by atoms with Gasteiger partial charge in [-0.25, -0.2) is 4.99 Å². The van der Waals surface area contributed by atoms with E-state index in [4.69, 9.17) is 18.9 Å². The van der Waals surface area contributed by atoms with Gasteiger partial charge in [0.25, 0.3) is 5.90 Å². The van der Waals surface area contributed by atoms with Gasteiger partial charge in [-0.15, -0.1) is 0 Å². The molecule has 2 aliphatic rings. The zero-order chi connectivity index (χ0) is 28.9. The van der Waals surface area contributed by atoms with Gasteiger partial charge in [-0.05, 0) is 53.7 Å². The quantitative estimate of drug-likeness (QED) is 0.108. The zero-order valence-electron chi connectivity index (χ0n) is 23.7. The summed E-state index contributed by atoms with van der Waals surface area (Å²) in [6.45, 7) is 13.9. The molecule has 39 heavy (non-hydrogen) atoms. The lowest BCUT2D eigenvalue weighted by molar-refractivity contribution is -0.323. The summed E-state index contributed by atoms with van der Waals surface area (Å²) in [7, 11) is 0. The highest BCUT2D eigenvalue weighted by atomic mass is 19.4. The number of azide groups is 1. The summed E-state index contributed by atoms with van der Waals surface area (Å²) in [6, 6.07) is 7.15. The lowest BCUT2D eigenvalue weighted by atomic mass is 9.78. The predicted molar refractivity (Wildman–Crippen MR) is 142 cm³/mol. The van der Waals surface area contributed by atoms with Crippen LogP contribution in [-0.2, 0) is 18.9 Å². The van der Waals surface area contributed by atoms with Gasteiger partial charge in [0.15, 0.2) is 6.29 Å². The Bertz CT molecular complexity index is 1000. The maximum Gasteiger partial charge on any atom is 0.468 e. The Hall–Kier alpha value is -2.33. The first-order valence-electron chi connectivity index (χ1n) is 13.8. The molecule has 2 fully saturated rings. The van der Waals surface area contributed by atoms with Gasteiger partial charge in [-0.3, -0.25) is 0 Å². The van der Waals surface area contributed by atoms with Crippen LogP contribution >= 0.6 is 0 Å². The molecule has 1 aromatic carbocycles. The van der Waals surface area contributed by atoms with Crippen LogP contribution in [0.15, 0.2) is 40.4 Å². The number of aliphatic imine (C=N–C) groups is 1. The topological polar surface area (TPSA) is 98.0 Å². The molecule has 2 aliphatic heterocycles. The van der Waals surface area contributed by atoms with Crippen molar-refractivity contribution in [3.63, 3.8) is 0 Å². The smallest absolute Gasteiger partial charge is 0.441 e. The summed E-state index contributed by atoms with van der Waals surface area (Å²) in [5, 5.41) is 3.96. The minimum atomic E-state index is -4.87. The van der Waals surface area contributed by atoms with E-state index in [-0.39, 0.29) is 47.5 Å². The van der Waals surface area contributed by atoms with Gasteiger partial charge in [0.2, 0.25) is 6.29 Å². The summed E-state index contributed by atoms with van der Waals surface area (Å²) in [5.41, 5.74) is 9.35. The molecular formula is C28H41F3N4O4. The molecule has 11 atom stereocenters. The van der Waals surface area contributed by atoms with E-state index in [0.717, 1.165) is 6.42 Å². The van der Waals surface area contributed by atoms with Crippen molar-refractivity contribution in [1.82, 2.24) is 0 Å². The first-order valence-corrected chi connectivity index (χ1v) is 13.8. The molecule has 3 rings (SSSR count). The van der Waals surface area contributed by atoms with Crippen molar-refractivity contribution < 1.29 is 32.1 Å². The van der Waals surface area contributed by atoms with Gasteiger partial charge >= 0.3 is 6.18 Å². The standard InChI is InChI=1S/C28H41F3N4O4/c1-8-15(3)23-18(6)19(7)24(38-25-22(34-35-32)17(5)16(4)21(9-2)36-25)26(37-23)39-27(28(29,30)31)33-20-13-11-10-12-14-20/h10-19,21-26H,8-9H2,1-7H3/t15-,16-,17?,18-,19-,21+,22?,23?,24?,25+,26-/m0/s1. The Morgan fingerprint density at radius 1 is 1.00 bits per heavy atom. The Morgan fingerprint density at radius 2 is 1.67 bits per heavy atom. The van der Waals surface area contributed by atoms with Crippen LogP contribution in [0.5, 0.6) is 0 Å². The molecule has 0 aromatic heterocycles. The second-order valence-corrected chi connectivity index (χ2v) is 10.9. The highest BCUT2D eigenvalue weighted by molar-refractivity contribution is 5.84. The van der Waals surface area contributed by atoms with E-state index in [1.807, 2.05) is 48.5 Å². The van der Waals surface area contributed by atoms with Crippen LogP contribution < -0.4 is 0 Å². The summed E-state index contributed by atoms with van der Waals surface area (Å²) in [6.07, 6.45) is -7.22. The lowest BCUT2D eigenvalue weighted by Crippen LogP contribution is -2.58. The van der Waals surface area contributed by atoms with Gasteiger partial charge in [0.1, 0.15) is 6.10 Å². The van der Waals surface area contributed by atoms with E-state index in [0.29, 0.717) is 6.42 Å². The van der Waals surface area contributed by atoms with Crippen LogP contribution in [0.4, 0.5) is 18.9 Å². The van der Waals surface area contributed by atoms with E-state index in [9.17, 15) is 18.7 Å². The van der Waals surface area contributed by atoms with Crippen molar-refractivity contribution in [1.29, 1.82) is 0 Å². The molecule has 2 saturated heterocycles. The maximum absolute atomic E-state index is 14.2. The van der Waals surface area contributed by atoms with Gasteiger partial charge in [0, 0.05) is 4.91 Å². The highest BCUT2D eigenvalue weighted by Gasteiger charge is 2.51. The van der Waals surface area contributed by atoms with Gasteiger partial charge < -0.3 is 18.9 Å². The molecular weight excluding hydrogens is 513 g/mol. The fourth-order valence-corrected chi connectivity index (χ4v) is 5.49. The van der Waals surface area contributed by atoms with Gasteiger partial charge in [0.05, 0.1) is 23.9 Å². The molecule has 0 amide bonds. The number of benzene rings is 1. The highest BCUT2D eigenvalue weighted by Crippen LogP contribution is 2.41. The van der Waals surface area contributed by atoms with Crippen LogP contribution in [0.1, 0.15) is 61.3 Å². The minimum Gasteiger partial charge on any atom is -0.441 e. The molecule has 8 nitrogen and oxygen atoms in total. The fourth-order valence-electron chi connectivity index (χ4n) is 5.49. The third kappa shape index (κ3) is 7.25. The van der Waals surface area contributed by atoms with E-state index in [2.05, 4.69) is 15.0 Å². The Labute approximate surface area is 228 Å². The normalized spacial score (nSPS) is 36.6. The number of hydrogen-bond acceptors (Lipinski definition) is 6. The molecule has 1 aromatic rings. The molecule has 0 saturated carbocycles. The van der Waals surface area contributed by atoms with Crippen molar-refractivity contribution in [3.05, 3.63) is 40.8 Å². The third-order valence-corrected chi connectivity index (χ3v) is 8.51. The second kappa shape index (κ2) is 13.4. The summed E-state index contributed by atoms with van der Waals surface area (Å²) < 4.78 is 67.0. The number of hydrogen-bond donors (Lipinski definition) is 0.